The summed E-state index contributed by atoms with van der Waals surface area (Å²) >= 11 is 0. The molecule has 0 radical (unpaired) electrons. The third kappa shape index (κ3) is 1.35. The van der Waals surface area contributed by atoms with E-state index in [1.807, 2.05) is 14.1 Å². The van der Waals surface area contributed by atoms with Crippen LogP contribution in [-0.4, -0.2) is 14.1 Å². The van der Waals surface area contributed by atoms with Gasteiger partial charge in [0.15, 0.2) is 0 Å². The highest BCUT2D eigenvalue weighted by atomic mass is 16.3. The quantitative estimate of drug-likeness (QED) is 0.632. The number of aryl methyl sites for hydroxylation is 1. The van der Waals surface area contributed by atoms with Gasteiger partial charge in [-0.15, -0.1) is 0 Å². The Labute approximate surface area is 71.6 Å². The number of hydrogen-bond acceptors (Lipinski definition) is 3. The van der Waals surface area contributed by atoms with E-state index in [0.29, 0.717) is 17.0 Å². The molecule has 1 rings (SSSR count). The Morgan fingerprint density at radius 3 is 2.42 bits per heavy atom. The molecular formula is C9H13NO2. The van der Waals surface area contributed by atoms with E-state index in [2.05, 4.69) is 0 Å². The third-order valence-corrected chi connectivity index (χ3v) is 1.93. The van der Waals surface area contributed by atoms with Crippen molar-refractivity contribution in [2.75, 3.05) is 19.0 Å². The Bertz CT molecular complexity index is 339. The summed E-state index contributed by atoms with van der Waals surface area (Å²) in [6, 6.07) is 0. The van der Waals surface area contributed by atoms with Gasteiger partial charge in [0.1, 0.15) is 17.7 Å². The van der Waals surface area contributed by atoms with Crippen LogP contribution < -0.4 is 10.3 Å². The summed E-state index contributed by atoms with van der Waals surface area (Å²) in [7, 11) is 3.64. The molecule has 66 valence electrons. The molecule has 0 aliphatic rings. The maximum Gasteiger partial charge on any atom is 0.211 e. The molecule has 0 saturated heterocycles. The summed E-state index contributed by atoms with van der Waals surface area (Å²) in [6.45, 7) is 3.56. The molecule has 0 saturated carbocycles. The van der Waals surface area contributed by atoms with E-state index in [1.54, 1.807) is 18.7 Å². The largest absolute Gasteiger partial charge is 0.467 e. The summed E-state index contributed by atoms with van der Waals surface area (Å²) in [5.41, 5.74) is 1.32. The molecule has 0 spiro atoms. The van der Waals surface area contributed by atoms with Gasteiger partial charge in [-0.2, -0.15) is 0 Å². The van der Waals surface area contributed by atoms with Gasteiger partial charge in [0.25, 0.3) is 0 Å². The Hall–Kier alpha value is -1.25. The predicted octanol–water partition coefficient (Wildman–Crippen LogP) is 1.32. The normalized spacial score (nSPS) is 10.0. The van der Waals surface area contributed by atoms with Crippen LogP contribution in [0, 0.1) is 13.8 Å². The molecule has 1 heterocycles. The van der Waals surface area contributed by atoms with E-state index in [4.69, 9.17) is 4.42 Å². The van der Waals surface area contributed by atoms with E-state index in [1.165, 1.54) is 6.26 Å². The second kappa shape index (κ2) is 3.01. The van der Waals surface area contributed by atoms with Gasteiger partial charge in [0.05, 0.1) is 0 Å². The van der Waals surface area contributed by atoms with Crippen LogP contribution in [0.4, 0.5) is 5.69 Å². The second-order valence-corrected chi connectivity index (χ2v) is 3.03. The zero-order chi connectivity index (χ0) is 9.30. The zero-order valence-electron chi connectivity index (χ0n) is 7.84. The van der Waals surface area contributed by atoms with Crippen molar-refractivity contribution in [1.82, 2.24) is 0 Å². The lowest BCUT2D eigenvalue weighted by Crippen LogP contribution is -2.20. The van der Waals surface area contributed by atoms with E-state index in [0.717, 1.165) is 0 Å². The van der Waals surface area contributed by atoms with Crippen LogP contribution in [0.3, 0.4) is 0 Å². The van der Waals surface area contributed by atoms with Crippen molar-refractivity contribution >= 4 is 5.69 Å². The van der Waals surface area contributed by atoms with Gasteiger partial charge in [0, 0.05) is 19.7 Å². The number of hydrogen-bond donors (Lipinski definition) is 0. The van der Waals surface area contributed by atoms with Gasteiger partial charge in [-0.05, 0) is 13.8 Å². The Balaban J connectivity index is 3.37. The molecule has 1 aromatic rings. The summed E-state index contributed by atoms with van der Waals surface area (Å²) in [4.78, 5) is 13.3. The molecule has 0 aliphatic carbocycles. The highest BCUT2D eigenvalue weighted by Crippen LogP contribution is 2.08. The van der Waals surface area contributed by atoms with E-state index < -0.39 is 0 Å². The molecule has 3 heteroatoms. The summed E-state index contributed by atoms with van der Waals surface area (Å²) in [6.07, 6.45) is 1.49. The van der Waals surface area contributed by atoms with Gasteiger partial charge in [-0.3, -0.25) is 4.79 Å². The highest BCUT2D eigenvalue weighted by Gasteiger charge is 2.07. The van der Waals surface area contributed by atoms with Gasteiger partial charge in [-0.25, -0.2) is 0 Å². The summed E-state index contributed by atoms with van der Waals surface area (Å²) < 4.78 is 5.19. The van der Waals surface area contributed by atoms with E-state index in [9.17, 15) is 4.79 Å². The van der Waals surface area contributed by atoms with E-state index in [-0.39, 0.29) is 5.43 Å². The molecule has 3 nitrogen and oxygen atoms in total. The average molecular weight is 167 g/mol. The first-order valence-electron chi connectivity index (χ1n) is 3.80. The molecule has 0 atom stereocenters. The van der Waals surface area contributed by atoms with Gasteiger partial charge in [0.2, 0.25) is 5.43 Å². The molecule has 0 N–H and O–H groups in total. The van der Waals surface area contributed by atoms with Crippen LogP contribution in [0.1, 0.15) is 11.3 Å². The number of anilines is 1. The molecule has 1 aromatic heterocycles. The standard InChI is InChI=1S/C9H13NO2/c1-6-7(2)12-5-8(9(6)11)10(3)4/h5H,1-4H3. The fraction of sp³-hybridized carbons (Fsp3) is 0.444. The van der Waals surface area contributed by atoms with Crippen LogP contribution in [-0.2, 0) is 0 Å². The minimum atomic E-state index is 0.0451. The van der Waals surface area contributed by atoms with Crippen LogP contribution in [0.25, 0.3) is 0 Å². The van der Waals surface area contributed by atoms with Crippen LogP contribution in [0.2, 0.25) is 0 Å². The van der Waals surface area contributed by atoms with Crippen molar-refractivity contribution in [2.45, 2.75) is 13.8 Å². The van der Waals surface area contributed by atoms with Crippen molar-refractivity contribution in [2.24, 2.45) is 0 Å². The fourth-order valence-corrected chi connectivity index (χ4v) is 0.947. The highest BCUT2D eigenvalue weighted by molar-refractivity contribution is 5.44. The lowest BCUT2D eigenvalue weighted by atomic mass is 10.2. The number of nitrogens with zero attached hydrogens (tertiary/aromatic N) is 1. The molecule has 0 aliphatic heterocycles. The Morgan fingerprint density at radius 2 is 1.92 bits per heavy atom. The van der Waals surface area contributed by atoms with Crippen LogP contribution in [0.15, 0.2) is 15.5 Å². The predicted molar refractivity (Wildman–Crippen MR) is 48.8 cm³/mol. The number of rotatable bonds is 1. The molecule has 0 fully saturated rings. The maximum absolute atomic E-state index is 11.5. The van der Waals surface area contributed by atoms with Gasteiger partial charge >= 0.3 is 0 Å². The first-order chi connectivity index (χ1) is 5.54. The Kier molecular flexibility index (Phi) is 2.22. The molecule has 0 aromatic carbocycles. The zero-order valence-corrected chi connectivity index (χ0v) is 7.84. The van der Waals surface area contributed by atoms with E-state index >= 15 is 0 Å². The topological polar surface area (TPSA) is 33.5 Å². The lowest BCUT2D eigenvalue weighted by Gasteiger charge is -2.11. The first kappa shape index (κ1) is 8.84. The van der Waals surface area contributed by atoms with Crippen molar-refractivity contribution in [3.05, 3.63) is 27.8 Å². The molecule has 0 unspecified atom stereocenters. The third-order valence-electron chi connectivity index (χ3n) is 1.93. The average Bonchev–Trinajstić information content (AvgIpc) is 2.00. The lowest BCUT2D eigenvalue weighted by molar-refractivity contribution is 0.509. The second-order valence-electron chi connectivity index (χ2n) is 3.03. The summed E-state index contributed by atoms with van der Waals surface area (Å²) in [5, 5.41) is 0. The molecule has 12 heavy (non-hydrogen) atoms. The minimum absolute atomic E-state index is 0.0451. The van der Waals surface area contributed by atoms with Gasteiger partial charge in [-0.1, -0.05) is 0 Å². The SMILES string of the molecule is Cc1occ(N(C)C)c(=O)c1C. The molecule has 0 bridgehead atoms. The maximum atomic E-state index is 11.5. The van der Waals surface area contributed by atoms with Crippen molar-refractivity contribution in [1.29, 1.82) is 0 Å². The fourth-order valence-electron chi connectivity index (χ4n) is 0.947. The van der Waals surface area contributed by atoms with Crippen LogP contribution >= 0.6 is 0 Å². The van der Waals surface area contributed by atoms with Crippen molar-refractivity contribution < 1.29 is 4.42 Å². The monoisotopic (exact) mass is 167 g/mol. The Morgan fingerprint density at radius 1 is 1.33 bits per heavy atom. The van der Waals surface area contributed by atoms with Crippen molar-refractivity contribution in [3.63, 3.8) is 0 Å². The van der Waals surface area contributed by atoms with Crippen molar-refractivity contribution in [3.8, 4) is 0 Å². The molecule has 0 amide bonds. The molecular weight excluding hydrogens is 154 g/mol. The van der Waals surface area contributed by atoms with Gasteiger partial charge < -0.3 is 9.32 Å². The first-order valence-corrected chi connectivity index (χ1v) is 3.80. The summed E-state index contributed by atoms with van der Waals surface area (Å²) in [5.74, 6) is 0.686. The smallest absolute Gasteiger partial charge is 0.211 e. The van der Waals surface area contributed by atoms with Crippen LogP contribution in [0.5, 0.6) is 0 Å². The minimum Gasteiger partial charge on any atom is -0.467 e.